The van der Waals surface area contributed by atoms with Crippen molar-refractivity contribution < 1.29 is 9.13 Å². The number of benzene rings is 1. The number of anilines is 1. The molecule has 0 bridgehead atoms. The summed E-state index contributed by atoms with van der Waals surface area (Å²) in [6.07, 6.45) is 4.78. The van der Waals surface area contributed by atoms with Crippen LogP contribution in [0.25, 0.3) is 11.3 Å². The minimum atomic E-state index is -0.387. The van der Waals surface area contributed by atoms with Gasteiger partial charge in [0.2, 0.25) is 0 Å². The van der Waals surface area contributed by atoms with Gasteiger partial charge in [-0.2, -0.15) is 15.0 Å². The zero-order chi connectivity index (χ0) is 19.3. The lowest BCUT2D eigenvalue weighted by Crippen LogP contribution is -2.48. The smallest absolute Gasteiger partial charge is 0.191 e. The summed E-state index contributed by atoms with van der Waals surface area (Å²) in [7, 11) is 1.60. The summed E-state index contributed by atoms with van der Waals surface area (Å²) in [4.78, 5) is 14.3. The first-order valence-corrected chi connectivity index (χ1v) is 9.21. The van der Waals surface area contributed by atoms with Crippen molar-refractivity contribution in [2.75, 3.05) is 44.7 Å². The van der Waals surface area contributed by atoms with Crippen LogP contribution in [-0.4, -0.2) is 69.7 Å². The van der Waals surface area contributed by atoms with Crippen LogP contribution < -0.4 is 9.64 Å². The molecule has 0 saturated carbocycles. The molecule has 0 radical (unpaired) electrons. The van der Waals surface area contributed by atoms with E-state index in [4.69, 9.17) is 4.74 Å². The zero-order valence-corrected chi connectivity index (χ0v) is 15.7. The van der Waals surface area contributed by atoms with Crippen LogP contribution in [0.1, 0.15) is 0 Å². The minimum absolute atomic E-state index is 0.305. The first-order valence-electron chi connectivity index (χ1n) is 9.21. The van der Waals surface area contributed by atoms with Gasteiger partial charge in [0.15, 0.2) is 11.6 Å². The highest BCUT2D eigenvalue weighted by atomic mass is 19.1. The Balaban J connectivity index is 1.42. The van der Waals surface area contributed by atoms with E-state index in [9.17, 15) is 0 Å². The van der Waals surface area contributed by atoms with E-state index in [1.807, 2.05) is 4.90 Å². The Labute approximate surface area is 162 Å². The Morgan fingerprint density at radius 2 is 1.68 bits per heavy atom. The lowest BCUT2D eigenvalue weighted by atomic mass is 10.1. The standard InChI is InChI=1S/C19H22FN7O/c1-28-16-4-2-15(3-5-16)18-17(20)19(22-14-21-18)26-11-8-25(9-12-26)10-13-27-23-6-7-24-27/h2-7,14H,8-13H2,1H3. The Hall–Kier alpha value is -3.07. The molecule has 0 unspecified atom stereocenters. The molecule has 2 aromatic heterocycles. The minimum Gasteiger partial charge on any atom is -0.497 e. The third kappa shape index (κ3) is 3.94. The van der Waals surface area contributed by atoms with E-state index < -0.39 is 0 Å². The molecule has 1 fully saturated rings. The van der Waals surface area contributed by atoms with E-state index in [1.165, 1.54) is 6.33 Å². The normalized spacial score (nSPS) is 15.0. The molecule has 9 heteroatoms. The Kier molecular flexibility index (Phi) is 5.43. The second kappa shape index (κ2) is 8.30. The van der Waals surface area contributed by atoms with Crippen molar-refractivity contribution in [2.45, 2.75) is 6.54 Å². The Bertz CT molecular complexity index is 893. The van der Waals surface area contributed by atoms with Crippen LogP contribution in [0.15, 0.2) is 43.0 Å². The average Bonchev–Trinajstić information content (AvgIpc) is 3.27. The van der Waals surface area contributed by atoms with Crippen molar-refractivity contribution in [1.82, 2.24) is 29.9 Å². The molecule has 146 valence electrons. The fraction of sp³-hybridized carbons (Fsp3) is 0.368. The summed E-state index contributed by atoms with van der Waals surface area (Å²) in [5, 5.41) is 8.24. The molecule has 0 spiro atoms. The van der Waals surface area contributed by atoms with E-state index in [2.05, 4.69) is 25.1 Å². The van der Waals surface area contributed by atoms with Gasteiger partial charge >= 0.3 is 0 Å². The quantitative estimate of drug-likeness (QED) is 0.642. The maximum absolute atomic E-state index is 15.1. The van der Waals surface area contributed by atoms with Gasteiger partial charge < -0.3 is 9.64 Å². The summed E-state index contributed by atoms with van der Waals surface area (Å²) in [6.45, 7) is 4.71. The van der Waals surface area contributed by atoms with Crippen LogP contribution in [0.2, 0.25) is 0 Å². The Morgan fingerprint density at radius 1 is 0.964 bits per heavy atom. The number of aromatic nitrogens is 5. The number of hydrogen-bond acceptors (Lipinski definition) is 7. The third-order valence-corrected chi connectivity index (χ3v) is 4.89. The molecule has 8 nitrogen and oxygen atoms in total. The first kappa shape index (κ1) is 18.3. The van der Waals surface area contributed by atoms with Gasteiger partial charge in [-0.25, -0.2) is 14.4 Å². The molecule has 3 heterocycles. The largest absolute Gasteiger partial charge is 0.497 e. The zero-order valence-electron chi connectivity index (χ0n) is 15.7. The van der Waals surface area contributed by atoms with Crippen LogP contribution >= 0.6 is 0 Å². The van der Waals surface area contributed by atoms with Gasteiger partial charge in [-0.15, -0.1) is 0 Å². The molecular formula is C19H22FN7O. The first-order chi connectivity index (χ1) is 13.7. The number of ether oxygens (including phenoxy) is 1. The van der Waals surface area contributed by atoms with E-state index in [0.717, 1.165) is 31.9 Å². The Morgan fingerprint density at radius 3 is 2.36 bits per heavy atom. The number of hydrogen-bond donors (Lipinski definition) is 0. The molecular weight excluding hydrogens is 361 g/mol. The van der Waals surface area contributed by atoms with Crippen molar-refractivity contribution in [1.29, 1.82) is 0 Å². The summed E-state index contributed by atoms with van der Waals surface area (Å²) in [5.41, 5.74) is 1.01. The highest BCUT2D eigenvalue weighted by Crippen LogP contribution is 2.28. The molecule has 3 aromatic rings. The number of piperazine rings is 1. The van der Waals surface area contributed by atoms with Gasteiger partial charge in [-0.05, 0) is 24.3 Å². The molecule has 1 saturated heterocycles. The lowest BCUT2D eigenvalue weighted by molar-refractivity contribution is 0.238. The number of nitrogens with zero attached hydrogens (tertiary/aromatic N) is 7. The fourth-order valence-corrected chi connectivity index (χ4v) is 3.30. The van der Waals surface area contributed by atoms with Gasteiger partial charge in [-0.1, -0.05) is 0 Å². The van der Waals surface area contributed by atoms with E-state index in [1.54, 1.807) is 48.6 Å². The van der Waals surface area contributed by atoms with Gasteiger partial charge in [-0.3, -0.25) is 4.90 Å². The average molecular weight is 383 g/mol. The van der Waals surface area contributed by atoms with Crippen molar-refractivity contribution in [2.24, 2.45) is 0 Å². The molecule has 1 aliphatic rings. The summed E-state index contributed by atoms with van der Waals surface area (Å²) >= 11 is 0. The number of methoxy groups -OCH3 is 1. The second-order valence-corrected chi connectivity index (χ2v) is 6.54. The lowest BCUT2D eigenvalue weighted by Gasteiger charge is -2.35. The molecule has 28 heavy (non-hydrogen) atoms. The molecule has 4 rings (SSSR count). The van der Waals surface area contributed by atoms with Gasteiger partial charge in [0, 0.05) is 38.3 Å². The molecule has 0 aliphatic carbocycles. The van der Waals surface area contributed by atoms with Crippen molar-refractivity contribution in [3.05, 3.63) is 48.8 Å². The second-order valence-electron chi connectivity index (χ2n) is 6.54. The predicted molar refractivity (Wildman–Crippen MR) is 103 cm³/mol. The topological polar surface area (TPSA) is 72.2 Å². The molecule has 1 aliphatic heterocycles. The van der Waals surface area contributed by atoms with E-state index in [0.29, 0.717) is 30.2 Å². The van der Waals surface area contributed by atoms with E-state index in [-0.39, 0.29) is 5.82 Å². The monoisotopic (exact) mass is 383 g/mol. The summed E-state index contributed by atoms with van der Waals surface area (Å²) in [5.74, 6) is 0.691. The maximum Gasteiger partial charge on any atom is 0.191 e. The summed E-state index contributed by atoms with van der Waals surface area (Å²) < 4.78 is 20.3. The highest BCUT2D eigenvalue weighted by molar-refractivity contribution is 5.64. The van der Waals surface area contributed by atoms with Crippen LogP contribution in [0.4, 0.5) is 10.2 Å². The summed E-state index contributed by atoms with van der Waals surface area (Å²) in [6, 6.07) is 7.19. The van der Waals surface area contributed by atoms with Gasteiger partial charge in [0.1, 0.15) is 17.8 Å². The van der Waals surface area contributed by atoms with Crippen LogP contribution in [0.5, 0.6) is 5.75 Å². The SMILES string of the molecule is COc1ccc(-c2ncnc(N3CCN(CCn4nccn4)CC3)c2F)cc1. The van der Waals surface area contributed by atoms with Crippen molar-refractivity contribution in [3.63, 3.8) is 0 Å². The van der Waals surface area contributed by atoms with Crippen LogP contribution in [-0.2, 0) is 6.54 Å². The number of rotatable bonds is 6. The third-order valence-electron chi connectivity index (χ3n) is 4.89. The molecule has 0 atom stereocenters. The number of halogens is 1. The van der Waals surface area contributed by atoms with Crippen molar-refractivity contribution in [3.8, 4) is 17.0 Å². The van der Waals surface area contributed by atoms with Gasteiger partial charge in [0.25, 0.3) is 0 Å². The highest BCUT2D eigenvalue weighted by Gasteiger charge is 2.23. The van der Waals surface area contributed by atoms with E-state index >= 15 is 4.39 Å². The molecule has 1 aromatic carbocycles. The van der Waals surface area contributed by atoms with Crippen LogP contribution in [0.3, 0.4) is 0 Å². The van der Waals surface area contributed by atoms with Crippen molar-refractivity contribution >= 4 is 5.82 Å². The van der Waals surface area contributed by atoms with Gasteiger partial charge in [0.05, 0.1) is 26.0 Å². The predicted octanol–water partition coefficient (Wildman–Crippen LogP) is 1.70. The molecule has 0 amide bonds. The maximum atomic E-state index is 15.1. The molecule has 0 N–H and O–H groups in total. The fourth-order valence-electron chi connectivity index (χ4n) is 3.30. The van der Waals surface area contributed by atoms with Crippen LogP contribution in [0, 0.1) is 5.82 Å².